The summed E-state index contributed by atoms with van der Waals surface area (Å²) in [5.74, 6) is 0. The van der Waals surface area contributed by atoms with Crippen molar-refractivity contribution in [3.8, 4) is 0 Å². The Labute approximate surface area is 136 Å². The second kappa shape index (κ2) is 7.24. The molecule has 0 radical (unpaired) electrons. The molecule has 0 fully saturated rings. The summed E-state index contributed by atoms with van der Waals surface area (Å²) in [6.07, 6.45) is 0. The number of nitrogens with one attached hydrogen (secondary N) is 1. The molecule has 0 spiro atoms. The number of halogens is 1. The van der Waals surface area contributed by atoms with E-state index >= 15 is 0 Å². The van der Waals surface area contributed by atoms with Crippen LogP contribution in [0.2, 0.25) is 5.02 Å². The average molecular weight is 339 g/mol. The Morgan fingerprint density at radius 1 is 1.00 bits per heavy atom. The number of nitrogens with zero attached hydrogens (tertiary/aromatic N) is 1. The Hall–Kier alpha value is -1.40. The molecule has 0 saturated heterocycles. The van der Waals surface area contributed by atoms with Gasteiger partial charge in [0.05, 0.1) is 4.90 Å². The maximum atomic E-state index is 12.0. The van der Waals surface area contributed by atoms with Crippen LogP contribution in [0.4, 0.5) is 0 Å². The first-order valence-corrected chi connectivity index (χ1v) is 8.68. The van der Waals surface area contributed by atoms with Crippen LogP contribution in [0.15, 0.2) is 53.4 Å². The molecule has 0 aliphatic rings. The maximum Gasteiger partial charge on any atom is 0.242 e. The smallest absolute Gasteiger partial charge is 0.242 e. The van der Waals surface area contributed by atoms with Crippen LogP contribution in [0, 0.1) is 0 Å². The van der Waals surface area contributed by atoms with Crippen LogP contribution < -0.4 is 5.32 Å². The molecule has 0 saturated carbocycles. The predicted molar refractivity (Wildman–Crippen MR) is 89.3 cm³/mol. The van der Waals surface area contributed by atoms with Gasteiger partial charge in [-0.1, -0.05) is 41.9 Å². The van der Waals surface area contributed by atoms with Gasteiger partial charge in [0.2, 0.25) is 10.0 Å². The first-order valence-electron chi connectivity index (χ1n) is 6.87. The molecular formula is C16H19ClN2O2S. The van der Waals surface area contributed by atoms with E-state index in [2.05, 4.69) is 5.32 Å². The first kappa shape index (κ1) is 17.0. The highest BCUT2D eigenvalue weighted by Crippen LogP contribution is 2.16. The topological polar surface area (TPSA) is 49.4 Å². The second-order valence-corrected chi connectivity index (χ2v) is 7.69. The molecule has 2 aromatic rings. The molecule has 0 aromatic heterocycles. The van der Waals surface area contributed by atoms with Gasteiger partial charge in [0.25, 0.3) is 0 Å². The van der Waals surface area contributed by atoms with Crippen LogP contribution in [0.3, 0.4) is 0 Å². The summed E-state index contributed by atoms with van der Waals surface area (Å²) >= 11 is 6.10. The number of sulfonamides is 1. The third-order valence-corrected chi connectivity index (χ3v) is 5.50. The van der Waals surface area contributed by atoms with Gasteiger partial charge in [-0.15, -0.1) is 0 Å². The monoisotopic (exact) mass is 338 g/mol. The molecule has 0 aliphatic heterocycles. The molecule has 6 heteroatoms. The van der Waals surface area contributed by atoms with E-state index < -0.39 is 10.0 Å². The lowest BCUT2D eigenvalue weighted by Gasteiger charge is -2.12. The van der Waals surface area contributed by atoms with Gasteiger partial charge in [-0.25, -0.2) is 12.7 Å². The van der Waals surface area contributed by atoms with Gasteiger partial charge in [0.15, 0.2) is 0 Å². The molecule has 0 aliphatic carbocycles. The zero-order valence-corrected chi connectivity index (χ0v) is 14.2. The number of rotatable bonds is 6. The van der Waals surface area contributed by atoms with E-state index in [1.807, 2.05) is 36.4 Å². The van der Waals surface area contributed by atoms with Gasteiger partial charge in [-0.3, -0.25) is 0 Å². The van der Waals surface area contributed by atoms with E-state index in [9.17, 15) is 8.42 Å². The van der Waals surface area contributed by atoms with E-state index in [0.29, 0.717) is 18.0 Å². The van der Waals surface area contributed by atoms with Crippen molar-refractivity contribution in [3.63, 3.8) is 0 Å². The third-order valence-electron chi connectivity index (χ3n) is 3.30. The van der Waals surface area contributed by atoms with Crippen LogP contribution in [0.25, 0.3) is 0 Å². The van der Waals surface area contributed by atoms with Crippen molar-refractivity contribution in [2.75, 3.05) is 14.1 Å². The highest BCUT2D eigenvalue weighted by atomic mass is 35.5. The summed E-state index contributed by atoms with van der Waals surface area (Å²) < 4.78 is 25.2. The highest BCUT2D eigenvalue weighted by molar-refractivity contribution is 7.89. The van der Waals surface area contributed by atoms with Crippen molar-refractivity contribution in [3.05, 3.63) is 64.7 Å². The number of hydrogen-bond donors (Lipinski definition) is 1. The predicted octanol–water partition coefficient (Wildman–Crippen LogP) is 2.88. The summed E-state index contributed by atoms with van der Waals surface area (Å²) in [6.45, 7) is 1.31. The van der Waals surface area contributed by atoms with E-state index in [0.717, 1.165) is 16.1 Å². The fourth-order valence-electron chi connectivity index (χ4n) is 1.97. The Morgan fingerprint density at radius 2 is 1.64 bits per heavy atom. The SMILES string of the molecule is CN(C)S(=O)(=O)c1ccc(CNCc2ccccc2Cl)cc1. The van der Waals surface area contributed by atoms with Crippen molar-refractivity contribution >= 4 is 21.6 Å². The van der Waals surface area contributed by atoms with Crippen LogP contribution >= 0.6 is 11.6 Å². The summed E-state index contributed by atoms with van der Waals surface area (Å²) in [5, 5.41) is 4.03. The minimum Gasteiger partial charge on any atom is -0.309 e. The molecule has 4 nitrogen and oxygen atoms in total. The third kappa shape index (κ3) is 4.08. The molecule has 0 amide bonds. The normalized spacial score (nSPS) is 11.8. The average Bonchev–Trinajstić information content (AvgIpc) is 2.49. The molecule has 22 heavy (non-hydrogen) atoms. The van der Waals surface area contributed by atoms with E-state index in [4.69, 9.17) is 11.6 Å². The highest BCUT2D eigenvalue weighted by Gasteiger charge is 2.16. The molecule has 1 N–H and O–H groups in total. The Balaban J connectivity index is 1.97. The molecule has 0 atom stereocenters. The van der Waals surface area contributed by atoms with Gasteiger partial charge in [0.1, 0.15) is 0 Å². The standard InChI is InChI=1S/C16H19ClN2O2S/c1-19(2)22(20,21)15-9-7-13(8-10-15)11-18-12-14-5-3-4-6-16(14)17/h3-10,18H,11-12H2,1-2H3. The van der Waals surface area contributed by atoms with Crippen molar-refractivity contribution in [1.82, 2.24) is 9.62 Å². The molecular weight excluding hydrogens is 320 g/mol. The largest absolute Gasteiger partial charge is 0.309 e. The van der Waals surface area contributed by atoms with Crippen molar-refractivity contribution in [1.29, 1.82) is 0 Å². The summed E-state index contributed by atoms with van der Waals surface area (Å²) in [4.78, 5) is 0.298. The Bertz CT molecular complexity index is 728. The Morgan fingerprint density at radius 3 is 2.23 bits per heavy atom. The second-order valence-electron chi connectivity index (χ2n) is 5.13. The first-order chi connectivity index (χ1) is 10.4. The molecule has 0 bridgehead atoms. The Kier molecular flexibility index (Phi) is 5.58. The van der Waals surface area contributed by atoms with E-state index in [1.54, 1.807) is 12.1 Å². The minimum absolute atomic E-state index is 0.298. The zero-order chi connectivity index (χ0) is 16.2. The summed E-state index contributed by atoms with van der Waals surface area (Å²) in [5.41, 5.74) is 2.06. The maximum absolute atomic E-state index is 12.0. The lowest BCUT2D eigenvalue weighted by atomic mass is 10.2. The lowest BCUT2D eigenvalue weighted by molar-refractivity contribution is 0.520. The van der Waals surface area contributed by atoms with Crippen molar-refractivity contribution in [2.24, 2.45) is 0 Å². The number of benzene rings is 2. The van der Waals surface area contributed by atoms with E-state index in [-0.39, 0.29) is 0 Å². The van der Waals surface area contributed by atoms with Gasteiger partial charge in [-0.2, -0.15) is 0 Å². The molecule has 2 rings (SSSR count). The van der Waals surface area contributed by atoms with Crippen LogP contribution in [0.5, 0.6) is 0 Å². The van der Waals surface area contributed by atoms with Crippen molar-refractivity contribution < 1.29 is 8.42 Å². The quantitative estimate of drug-likeness (QED) is 0.881. The molecule has 0 unspecified atom stereocenters. The summed E-state index contributed by atoms with van der Waals surface area (Å²) in [6, 6.07) is 14.6. The van der Waals surface area contributed by atoms with Gasteiger partial charge in [0, 0.05) is 32.2 Å². The lowest BCUT2D eigenvalue weighted by Crippen LogP contribution is -2.22. The van der Waals surface area contributed by atoms with Gasteiger partial charge < -0.3 is 5.32 Å². The van der Waals surface area contributed by atoms with Crippen LogP contribution in [-0.4, -0.2) is 26.8 Å². The fraction of sp³-hybridized carbons (Fsp3) is 0.250. The molecule has 0 heterocycles. The fourth-order valence-corrected chi connectivity index (χ4v) is 3.08. The van der Waals surface area contributed by atoms with Crippen LogP contribution in [0.1, 0.15) is 11.1 Å². The summed E-state index contributed by atoms with van der Waals surface area (Å²) in [7, 11) is -0.323. The van der Waals surface area contributed by atoms with E-state index in [1.165, 1.54) is 18.4 Å². The van der Waals surface area contributed by atoms with Crippen molar-refractivity contribution in [2.45, 2.75) is 18.0 Å². The van der Waals surface area contributed by atoms with Gasteiger partial charge >= 0.3 is 0 Å². The van der Waals surface area contributed by atoms with Crippen LogP contribution in [-0.2, 0) is 23.1 Å². The number of hydrogen-bond acceptors (Lipinski definition) is 3. The molecule has 2 aromatic carbocycles. The minimum atomic E-state index is -3.37. The van der Waals surface area contributed by atoms with Gasteiger partial charge in [-0.05, 0) is 29.3 Å². The zero-order valence-electron chi connectivity index (χ0n) is 12.6. The molecule has 118 valence electrons.